The highest BCUT2D eigenvalue weighted by molar-refractivity contribution is 8.00. The number of aliphatic carboxylic acids is 2. The van der Waals surface area contributed by atoms with Gasteiger partial charge >= 0.3 is 11.9 Å². The summed E-state index contributed by atoms with van der Waals surface area (Å²) in [6.45, 7) is 3.22. The highest BCUT2D eigenvalue weighted by Gasteiger charge is 2.22. The van der Waals surface area contributed by atoms with E-state index in [1.165, 1.54) is 63.6 Å². The Labute approximate surface area is 387 Å². The maximum absolute atomic E-state index is 12.4. The second kappa shape index (κ2) is 43.6. The lowest BCUT2D eigenvalue weighted by molar-refractivity contribution is -0.144. The number of carboxylic acids is 2. The van der Waals surface area contributed by atoms with E-state index < -0.39 is 23.9 Å². The molecule has 370 valence electrons. The molecule has 17 nitrogen and oxygen atoms in total. The van der Waals surface area contributed by atoms with Gasteiger partial charge in [-0.05, 0) is 39.0 Å². The number of thioether (sulfide) groups is 1. The molecule has 64 heavy (non-hydrogen) atoms. The summed E-state index contributed by atoms with van der Waals surface area (Å²) in [6, 6.07) is -0.591. The van der Waals surface area contributed by atoms with Crippen molar-refractivity contribution in [1.82, 2.24) is 10.6 Å². The number of amides is 2. The molecule has 0 aromatic rings. The van der Waals surface area contributed by atoms with Crippen molar-refractivity contribution >= 4 is 58.6 Å². The molecule has 0 unspecified atom stereocenters. The van der Waals surface area contributed by atoms with Crippen LogP contribution in [0.5, 0.6) is 0 Å². The summed E-state index contributed by atoms with van der Waals surface area (Å²) in [5.74, 6) is -3.01. The first-order valence-electron chi connectivity index (χ1n) is 23.9. The molecule has 0 fully saturated rings. The standard InChI is InChI=1S/C46H81N3O14S/c1-37(50)42(47)36-64-35-41(53)19-16-24-48-44(55)34-63-31-28-60-26-17-20-40(52)33-62-30-29-61-27-25-49-43(54)23-22-38(46(58)59)32-39(51)18-14-12-10-8-6-4-2-3-5-7-9-11-13-15-21-45(56)57/h38,42H,2-36,47H2,1H3,(H,48,55)(H,49,54)(H,56,57)(H,58,59)/t38-,42+/m1/s1/i/hT. The van der Waals surface area contributed by atoms with Crippen LogP contribution in [0.15, 0.2) is 0 Å². The van der Waals surface area contributed by atoms with Gasteiger partial charge in [-0.15, -0.1) is 0 Å². The van der Waals surface area contributed by atoms with Crippen molar-refractivity contribution in [1.29, 1.82) is 0 Å². The molecule has 0 radical (unpaired) electrons. The maximum atomic E-state index is 12.4. The Hall–Kier alpha value is -3.29. The van der Waals surface area contributed by atoms with Crippen molar-refractivity contribution < 1.29 is 68.9 Å². The van der Waals surface area contributed by atoms with Gasteiger partial charge < -0.3 is 45.5 Å². The molecule has 2 atom stereocenters. The van der Waals surface area contributed by atoms with Gasteiger partial charge in [0.1, 0.15) is 32.0 Å². The van der Waals surface area contributed by atoms with Crippen molar-refractivity contribution in [3.8, 4) is 0 Å². The molecule has 0 rings (SSSR count). The molecular weight excluding hydrogens is 851 g/mol. The number of carbonyl (C=O) groups is 8. The van der Waals surface area contributed by atoms with Gasteiger partial charge in [0.05, 0.1) is 50.7 Å². The van der Waals surface area contributed by atoms with E-state index in [2.05, 4.69) is 16.4 Å². The number of ketones is 4. The van der Waals surface area contributed by atoms with Gasteiger partial charge in [-0.1, -0.05) is 77.0 Å². The molecule has 0 aromatic carbocycles. The highest BCUT2D eigenvalue weighted by Crippen LogP contribution is 2.17. The fraction of sp³-hybridized carbons (Fsp3) is 0.826. The van der Waals surface area contributed by atoms with E-state index in [4.69, 9.17) is 25.5 Å². The van der Waals surface area contributed by atoms with Crippen molar-refractivity contribution in [3.63, 3.8) is 0 Å². The number of Topliss-reactive ketones (excluding diaryl/α,β-unsaturated/α-hetero) is 4. The molecule has 0 aliphatic heterocycles. The summed E-state index contributed by atoms with van der Waals surface area (Å²) < 4.78 is 28.6. The quantitative estimate of drug-likeness (QED) is 0.0478. The van der Waals surface area contributed by atoms with Crippen LogP contribution in [-0.2, 0) is 57.3 Å². The molecule has 18 heteroatoms. The van der Waals surface area contributed by atoms with Crippen LogP contribution in [0.25, 0.3) is 0 Å². The number of nitrogens with two attached hydrogens (primary N) is 1. The SMILES string of the molecule is [3H]N[C@@H](CSCC(=O)CCCNC(=O)COCCOCCCC(=O)COCCOCCNC(=O)CC[C@H](CC(=O)CCCCCCCCCCCCCCCCC(=O)O)C(=O)O)C(C)=O. The largest absolute Gasteiger partial charge is 0.481 e. The van der Waals surface area contributed by atoms with Crippen LogP contribution < -0.4 is 16.4 Å². The predicted molar refractivity (Wildman–Crippen MR) is 245 cm³/mol. The van der Waals surface area contributed by atoms with Gasteiger partial charge in [-0.2, -0.15) is 11.8 Å². The van der Waals surface area contributed by atoms with Crippen LogP contribution in [-0.4, -0.2) is 141 Å². The van der Waals surface area contributed by atoms with Gasteiger partial charge in [0.15, 0.2) is 5.78 Å². The maximum Gasteiger partial charge on any atom is 0.306 e. The normalized spacial score (nSPS) is 12.3. The molecule has 0 saturated carbocycles. The van der Waals surface area contributed by atoms with Crippen molar-refractivity contribution in [3.05, 3.63) is 0 Å². The Kier molecular flexibility index (Phi) is 40.0. The zero-order chi connectivity index (χ0) is 48.2. The third-order valence-corrected chi connectivity index (χ3v) is 11.3. The van der Waals surface area contributed by atoms with E-state index in [1.54, 1.807) is 0 Å². The van der Waals surface area contributed by atoms with E-state index in [0.29, 0.717) is 44.6 Å². The number of carbonyl (C=O) groups excluding carboxylic acids is 6. The number of unbranched alkanes of at least 4 members (excludes halogenated alkanes) is 13. The van der Waals surface area contributed by atoms with Gasteiger partial charge in [0.2, 0.25) is 11.8 Å². The Morgan fingerprint density at radius 1 is 0.547 bits per heavy atom. The molecule has 0 aliphatic rings. The van der Waals surface area contributed by atoms with Gasteiger partial charge in [0.25, 0.3) is 0 Å². The topological polar surface area (TPSA) is 264 Å². The third kappa shape index (κ3) is 42.6. The fourth-order valence-electron chi connectivity index (χ4n) is 6.34. The first kappa shape index (κ1) is 58.7. The smallest absolute Gasteiger partial charge is 0.306 e. The average Bonchev–Trinajstić information content (AvgIpc) is 3.26. The van der Waals surface area contributed by atoms with Crippen molar-refractivity contribution in [2.45, 2.75) is 161 Å². The molecule has 0 aliphatic carbocycles. The van der Waals surface area contributed by atoms with Crippen molar-refractivity contribution in [2.75, 3.05) is 77.5 Å². The molecule has 0 saturated heterocycles. The Morgan fingerprint density at radius 3 is 1.64 bits per heavy atom. The monoisotopic (exact) mass is 934 g/mol. The highest BCUT2D eigenvalue weighted by atomic mass is 32.2. The van der Waals surface area contributed by atoms with Crippen LogP contribution in [0.2, 0.25) is 1.41 Å². The Bertz CT molecular complexity index is 1330. The minimum absolute atomic E-state index is 0.00436. The van der Waals surface area contributed by atoms with Gasteiger partial charge in [-0.3, -0.25) is 38.4 Å². The third-order valence-electron chi connectivity index (χ3n) is 10.2. The first-order valence-corrected chi connectivity index (χ1v) is 24.6. The number of carboxylic acid groups (broad SMARTS) is 2. The van der Waals surface area contributed by atoms with Crippen LogP contribution in [0, 0.1) is 5.92 Å². The van der Waals surface area contributed by atoms with Crippen LogP contribution in [0.4, 0.5) is 0 Å². The predicted octanol–water partition coefficient (Wildman–Crippen LogP) is 5.40. The molecular formula is C46H81N3O14S. The second-order valence-electron chi connectivity index (χ2n) is 16.2. The minimum atomic E-state index is -1.08. The zero-order valence-corrected chi connectivity index (χ0v) is 39.4. The van der Waals surface area contributed by atoms with Gasteiger partial charge in [0, 0.05) is 64.0 Å². The summed E-state index contributed by atoms with van der Waals surface area (Å²) in [4.78, 5) is 94.1. The molecule has 0 spiro atoms. The summed E-state index contributed by atoms with van der Waals surface area (Å²) in [7, 11) is 0. The summed E-state index contributed by atoms with van der Waals surface area (Å²) in [5.41, 5.74) is 2.17. The summed E-state index contributed by atoms with van der Waals surface area (Å²) in [6.07, 6.45) is 17.4. The van der Waals surface area contributed by atoms with Crippen molar-refractivity contribution in [2.24, 2.45) is 11.6 Å². The fourth-order valence-corrected chi connectivity index (χ4v) is 7.30. The molecule has 6 N–H and O–H groups in total. The van der Waals surface area contributed by atoms with Crippen LogP contribution in [0.3, 0.4) is 0 Å². The Balaban J connectivity index is 3.66. The lowest BCUT2D eigenvalue weighted by atomic mass is 9.94. The van der Waals surface area contributed by atoms with Crippen LogP contribution in [0.1, 0.15) is 155 Å². The number of rotatable bonds is 50. The minimum Gasteiger partial charge on any atom is -0.481 e. The van der Waals surface area contributed by atoms with E-state index >= 15 is 0 Å². The second-order valence-corrected chi connectivity index (χ2v) is 17.2. The van der Waals surface area contributed by atoms with Crippen LogP contribution >= 0.6 is 11.8 Å². The zero-order valence-electron chi connectivity index (χ0n) is 39.6. The molecule has 2 amide bonds. The van der Waals surface area contributed by atoms with Gasteiger partial charge in [-0.25, -0.2) is 0 Å². The number of ether oxygens (including phenoxy) is 4. The average molecular weight is 934 g/mol. The molecule has 0 aromatic heterocycles. The van der Waals surface area contributed by atoms with E-state index in [1.807, 2.05) is 0 Å². The molecule has 0 bridgehead atoms. The number of hydrogen-bond acceptors (Lipinski definition) is 14. The lowest BCUT2D eigenvalue weighted by Crippen LogP contribution is -2.31. The summed E-state index contributed by atoms with van der Waals surface area (Å²) >= 11 is 1.30. The van der Waals surface area contributed by atoms with E-state index in [-0.39, 0.29) is 126 Å². The van der Waals surface area contributed by atoms with E-state index in [0.717, 1.165) is 44.9 Å². The number of nitrogens with one attached hydrogen (secondary N) is 2. The lowest BCUT2D eigenvalue weighted by Gasteiger charge is -2.12. The summed E-state index contributed by atoms with van der Waals surface area (Å²) in [5, 5.41) is 23.6. The number of hydrogen-bond donors (Lipinski definition) is 5. The van der Waals surface area contributed by atoms with E-state index in [9.17, 15) is 43.5 Å². The molecule has 0 heterocycles. The first-order chi connectivity index (χ1) is 31.3. The Morgan fingerprint density at radius 2 is 1.06 bits per heavy atom.